The molecule has 0 radical (unpaired) electrons. The van der Waals surface area contributed by atoms with Crippen molar-refractivity contribution >= 4 is 45.5 Å². The van der Waals surface area contributed by atoms with Gasteiger partial charge in [-0.1, -0.05) is 30.3 Å². The van der Waals surface area contributed by atoms with Crippen LogP contribution in [0.2, 0.25) is 0 Å². The van der Waals surface area contributed by atoms with Crippen LogP contribution in [0, 0.1) is 6.92 Å². The predicted octanol–water partition coefficient (Wildman–Crippen LogP) is 3.07. The Labute approximate surface area is 168 Å². The summed E-state index contributed by atoms with van der Waals surface area (Å²) in [4.78, 5) is 26.5. The van der Waals surface area contributed by atoms with E-state index in [4.69, 9.17) is 17.0 Å². The second kappa shape index (κ2) is 9.48. The molecule has 0 fully saturated rings. The molecule has 1 aromatic heterocycles. The van der Waals surface area contributed by atoms with Crippen LogP contribution in [0.1, 0.15) is 31.2 Å². The molecule has 0 saturated carbocycles. The Morgan fingerprint density at radius 1 is 1.22 bits per heavy atom. The van der Waals surface area contributed by atoms with E-state index in [0.717, 1.165) is 6.42 Å². The molecule has 1 heterocycles. The normalized spacial score (nSPS) is 10.2. The fourth-order valence-corrected chi connectivity index (χ4v) is 3.96. The van der Waals surface area contributed by atoms with Crippen LogP contribution < -0.4 is 10.6 Å². The first kappa shape index (κ1) is 20.9. The van der Waals surface area contributed by atoms with Crippen molar-refractivity contribution in [2.24, 2.45) is 0 Å². The Morgan fingerprint density at radius 3 is 2.48 bits per heavy atom. The number of anilines is 1. The van der Waals surface area contributed by atoms with E-state index in [1.54, 1.807) is 21.0 Å². The van der Waals surface area contributed by atoms with Gasteiger partial charge in [0, 0.05) is 20.6 Å². The van der Waals surface area contributed by atoms with Crippen LogP contribution in [0.4, 0.5) is 5.00 Å². The lowest BCUT2D eigenvalue weighted by Gasteiger charge is -2.10. The third-order valence-electron chi connectivity index (χ3n) is 3.91. The number of esters is 1. The Hall–Kier alpha value is -2.45. The second-order valence-corrected chi connectivity index (χ2v) is 7.50. The maximum atomic E-state index is 12.4. The third kappa shape index (κ3) is 5.27. The number of thiocarbonyl (C=S) groups is 1. The van der Waals surface area contributed by atoms with Gasteiger partial charge in [0.1, 0.15) is 5.00 Å². The zero-order chi connectivity index (χ0) is 20.0. The van der Waals surface area contributed by atoms with Crippen LogP contribution >= 0.6 is 23.6 Å². The van der Waals surface area contributed by atoms with Gasteiger partial charge in [-0.05, 0) is 36.7 Å². The Balaban J connectivity index is 2.11. The van der Waals surface area contributed by atoms with E-state index in [2.05, 4.69) is 22.8 Å². The number of carbonyl (C=O) groups is 2. The summed E-state index contributed by atoms with van der Waals surface area (Å²) in [7, 11) is 4.65. The number of hydrogen-bond donors (Lipinski definition) is 2. The average Bonchev–Trinajstić information content (AvgIpc) is 2.97. The standard InChI is InChI=1S/C19H23N3O3S2/c1-12-14(18(24)25-4)16(27-15(12)17(23)22(2)3)21-19(26)20-11-10-13-8-6-5-7-9-13/h5-9H,10-11H2,1-4H3,(H2,20,21,26). The number of hydrogen-bond acceptors (Lipinski definition) is 5. The van der Waals surface area contributed by atoms with Crippen molar-refractivity contribution in [1.29, 1.82) is 0 Å². The zero-order valence-corrected chi connectivity index (χ0v) is 17.4. The number of thiophene rings is 1. The van der Waals surface area contributed by atoms with Crippen molar-refractivity contribution in [2.45, 2.75) is 13.3 Å². The molecule has 144 valence electrons. The summed E-state index contributed by atoms with van der Waals surface area (Å²) < 4.78 is 4.87. The van der Waals surface area contributed by atoms with E-state index in [1.165, 1.54) is 28.9 Å². The molecule has 0 saturated heterocycles. The minimum absolute atomic E-state index is 0.168. The monoisotopic (exact) mass is 405 g/mol. The van der Waals surface area contributed by atoms with Gasteiger partial charge in [0.25, 0.3) is 5.91 Å². The molecule has 1 amide bonds. The molecule has 8 heteroatoms. The predicted molar refractivity (Wildman–Crippen MR) is 113 cm³/mol. The molecule has 2 rings (SSSR count). The number of nitrogens with one attached hydrogen (secondary N) is 2. The van der Waals surface area contributed by atoms with E-state index in [-0.39, 0.29) is 5.91 Å². The topological polar surface area (TPSA) is 70.7 Å². The highest BCUT2D eigenvalue weighted by atomic mass is 32.1. The first-order valence-electron chi connectivity index (χ1n) is 8.37. The number of ether oxygens (including phenoxy) is 1. The Bertz CT molecular complexity index is 832. The van der Waals surface area contributed by atoms with Crippen LogP contribution in [-0.2, 0) is 11.2 Å². The fourth-order valence-electron chi connectivity index (χ4n) is 2.47. The number of benzene rings is 1. The van der Waals surface area contributed by atoms with Crippen molar-refractivity contribution in [3.05, 3.63) is 51.9 Å². The molecule has 0 aliphatic heterocycles. The summed E-state index contributed by atoms with van der Waals surface area (Å²) in [6.45, 7) is 2.38. The molecule has 0 aliphatic rings. The van der Waals surface area contributed by atoms with Gasteiger partial charge >= 0.3 is 5.97 Å². The highest BCUT2D eigenvalue weighted by molar-refractivity contribution is 7.80. The van der Waals surface area contributed by atoms with Crippen LogP contribution in [-0.4, -0.2) is 49.6 Å². The van der Waals surface area contributed by atoms with Crippen molar-refractivity contribution in [2.75, 3.05) is 33.1 Å². The maximum Gasteiger partial charge on any atom is 0.341 e. The lowest BCUT2D eigenvalue weighted by Crippen LogP contribution is -2.30. The van der Waals surface area contributed by atoms with E-state index in [9.17, 15) is 9.59 Å². The van der Waals surface area contributed by atoms with Crippen LogP contribution in [0.25, 0.3) is 0 Å². The zero-order valence-electron chi connectivity index (χ0n) is 15.8. The molecule has 6 nitrogen and oxygen atoms in total. The number of nitrogens with zero attached hydrogens (tertiary/aromatic N) is 1. The van der Waals surface area contributed by atoms with Crippen molar-refractivity contribution < 1.29 is 14.3 Å². The SMILES string of the molecule is COC(=O)c1c(NC(=S)NCCc2ccccc2)sc(C(=O)N(C)C)c1C. The van der Waals surface area contributed by atoms with Gasteiger partial charge in [-0.25, -0.2) is 4.79 Å². The third-order valence-corrected chi connectivity index (χ3v) is 5.35. The van der Waals surface area contributed by atoms with Crippen molar-refractivity contribution in [1.82, 2.24) is 10.2 Å². The number of rotatable bonds is 6. The van der Waals surface area contributed by atoms with Gasteiger partial charge in [0.05, 0.1) is 17.6 Å². The molecule has 0 spiro atoms. The van der Waals surface area contributed by atoms with E-state index >= 15 is 0 Å². The summed E-state index contributed by atoms with van der Waals surface area (Å²) in [5.74, 6) is -0.671. The Kier molecular flexibility index (Phi) is 7.32. The van der Waals surface area contributed by atoms with Gasteiger partial charge in [0.2, 0.25) is 0 Å². The van der Waals surface area contributed by atoms with Gasteiger partial charge in [-0.2, -0.15) is 0 Å². The van der Waals surface area contributed by atoms with E-state index < -0.39 is 5.97 Å². The first-order chi connectivity index (χ1) is 12.8. The van der Waals surface area contributed by atoms with Gasteiger partial charge in [-0.15, -0.1) is 11.3 Å². The molecular weight excluding hydrogens is 382 g/mol. The number of carbonyl (C=O) groups excluding carboxylic acids is 2. The highest BCUT2D eigenvalue weighted by Crippen LogP contribution is 2.34. The van der Waals surface area contributed by atoms with Crippen LogP contribution in [0.5, 0.6) is 0 Å². The lowest BCUT2D eigenvalue weighted by molar-refractivity contribution is 0.0601. The molecule has 0 bridgehead atoms. The summed E-state index contributed by atoms with van der Waals surface area (Å²) >= 11 is 6.53. The smallest absolute Gasteiger partial charge is 0.341 e. The summed E-state index contributed by atoms with van der Waals surface area (Å²) in [5.41, 5.74) is 2.12. The van der Waals surface area contributed by atoms with Crippen LogP contribution in [0.15, 0.2) is 30.3 Å². The highest BCUT2D eigenvalue weighted by Gasteiger charge is 2.26. The average molecular weight is 406 g/mol. The minimum Gasteiger partial charge on any atom is -0.465 e. The van der Waals surface area contributed by atoms with E-state index in [1.807, 2.05) is 18.2 Å². The summed E-state index contributed by atoms with van der Waals surface area (Å²) in [6, 6.07) is 10.1. The number of methoxy groups -OCH3 is 1. The van der Waals surface area contributed by atoms with Crippen molar-refractivity contribution in [3.63, 3.8) is 0 Å². The molecule has 2 N–H and O–H groups in total. The molecule has 0 unspecified atom stereocenters. The minimum atomic E-state index is -0.504. The fraction of sp³-hybridized carbons (Fsp3) is 0.316. The largest absolute Gasteiger partial charge is 0.465 e. The molecule has 0 atom stereocenters. The first-order valence-corrected chi connectivity index (χ1v) is 9.59. The van der Waals surface area contributed by atoms with Gasteiger partial charge in [-0.3, -0.25) is 4.79 Å². The summed E-state index contributed by atoms with van der Waals surface area (Å²) in [5, 5.41) is 7.05. The summed E-state index contributed by atoms with van der Waals surface area (Å²) in [6.07, 6.45) is 0.820. The molecule has 1 aromatic carbocycles. The van der Waals surface area contributed by atoms with Crippen LogP contribution in [0.3, 0.4) is 0 Å². The lowest BCUT2D eigenvalue weighted by atomic mass is 10.1. The van der Waals surface area contributed by atoms with E-state index in [0.29, 0.717) is 32.7 Å². The molecular formula is C19H23N3O3S2. The molecule has 27 heavy (non-hydrogen) atoms. The van der Waals surface area contributed by atoms with Gasteiger partial charge < -0.3 is 20.3 Å². The molecule has 2 aromatic rings. The Morgan fingerprint density at radius 2 is 1.89 bits per heavy atom. The van der Waals surface area contributed by atoms with Gasteiger partial charge in [0.15, 0.2) is 5.11 Å². The quantitative estimate of drug-likeness (QED) is 0.569. The van der Waals surface area contributed by atoms with Crippen molar-refractivity contribution in [3.8, 4) is 0 Å². The maximum absolute atomic E-state index is 12.4. The second-order valence-electron chi connectivity index (χ2n) is 6.07. The number of amides is 1. The molecule has 0 aliphatic carbocycles.